The van der Waals surface area contributed by atoms with Gasteiger partial charge in [-0.15, -0.1) is 0 Å². The van der Waals surface area contributed by atoms with Crippen LogP contribution in [0.3, 0.4) is 0 Å². The molecule has 2 aliphatic carbocycles. The lowest BCUT2D eigenvalue weighted by atomic mass is 9.75. The van der Waals surface area contributed by atoms with Crippen LogP contribution in [0.15, 0.2) is 140 Å². The van der Waals surface area contributed by atoms with Crippen molar-refractivity contribution in [2.24, 2.45) is 0 Å². The molecule has 0 fully saturated rings. The third-order valence-electron chi connectivity index (χ3n) is 9.50. The van der Waals surface area contributed by atoms with Crippen molar-refractivity contribution in [3.05, 3.63) is 197 Å². The molecule has 0 spiro atoms. The molecular formula is C42H32Br2S2. The molecule has 0 amide bonds. The average Bonchev–Trinajstić information content (AvgIpc) is 3.06. The summed E-state index contributed by atoms with van der Waals surface area (Å²) in [6.45, 7) is 4.32. The van der Waals surface area contributed by atoms with Crippen molar-refractivity contribution in [2.75, 3.05) is 0 Å². The summed E-state index contributed by atoms with van der Waals surface area (Å²) in [6, 6.07) is 46.0. The Kier molecular flexibility index (Phi) is 8.27. The summed E-state index contributed by atoms with van der Waals surface area (Å²) >= 11 is 7.46. The molecule has 0 aromatic heterocycles. The molecule has 0 saturated carbocycles. The van der Waals surface area contributed by atoms with Crippen LogP contribution in [-0.4, -0.2) is 0 Å². The monoisotopic (exact) mass is 758 g/mol. The Morgan fingerprint density at radius 1 is 0.435 bits per heavy atom. The Hall–Kier alpha value is -3.02. The van der Waals surface area contributed by atoms with Gasteiger partial charge in [-0.2, -0.15) is 0 Å². The van der Waals surface area contributed by atoms with Gasteiger partial charge >= 0.3 is 0 Å². The van der Waals surface area contributed by atoms with Gasteiger partial charge in [0.15, 0.2) is 0 Å². The van der Waals surface area contributed by atoms with Gasteiger partial charge in [-0.3, -0.25) is 0 Å². The van der Waals surface area contributed by atoms with Gasteiger partial charge in [0.25, 0.3) is 0 Å². The lowest BCUT2D eigenvalue weighted by Crippen LogP contribution is -2.15. The van der Waals surface area contributed by atoms with Crippen molar-refractivity contribution in [2.45, 2.75) is 48.3 Å². The zero-order valence-electron chi connectivity index (χ0n) is 25.7. The van der Waals surface area contributed by atoms with E-state index in [-0.39, 0.29) is 11.8 Å². The fourth-order valence-electron chi connectivity index (χ4n) is 7.23. The maximum absolute atomic E-state index is 3.73. The quantitative estimate of drug-likeness (QED) is 0.160. The fourth-order valence-corrected chi connectivity index (χ4v) is 10.1. The topological polar surface area (TPSA) is 0 Å². The van der Waals surface area contributed by atoms with Crippen LogP contribution in [0.1, 0.15) is 78.6 Å². The van der Waals surface area contributed by atoms with Crippen molar-refractivity contribution in [1.82, 2.24) is 0 Å². The van der Waals surface area contributed by atoms with E-state index in [9.17, 15) is 0 Å². The van der Waals surface area contributed by atoms with Gasteiger partial charge < -0.3 is 0 Å². The zero-order valence-corrected chi connectivity index (χ0v) is 30.5. The predicted octanol–water partition coefficient (Wildman–Crippen LogP) is 12.8. The Bertz CT molecular complexity index is 1940. The van der Waals surface area contributed by atoms with Gasteiger partial charge in [-0.1, -0.05) is 137 Å². The molecule has 0 N–H and O–H groups in total. The molecule has 0 saturated heterocycles. The van der Waals surface area contributed by atoms with Gasteiger partial charge in [-0.25, -0.2) is 0 Å². The number of halogens is 2. The Labute approximate surface area is 296 Å². The van der Waals surface area contributed by atoms with Crippen LogP contribution in [0.25, 0.3) is 0 Å². The molecule has 2 unspecified atom stereocenters. The highest BCUT2D eigenvalue weighted by atomic mass is 79.9. The Morgan fingerprint density at radius 2 is 0.783 bits per heavy atom. The molecule has 2 atom stereocenters. The standard InChI is InChI=1S/C42H32Br2S2/c1-25-3-7-27(8-4-25)41-37-15-11-33(43)21-29(37)19-31-23-35(13-17-39(31)41)45-46-36-14-18-40-32(24-36)20-30-22-34(44)12-16-38(30)42(40)28-9-5-26(2)6-10-28/h3-18,21-24,41-42H,19-20H2,1-2H3. The Balaban J connectivity index is 1.09. The molecule has 8 rings (SSSR count). The maximum Gasteiger partial charge on any atom is 0.0345 e. The largest absolute Gasteiger partial charge is 0.0590 e. The minimum Gasteiger partial charge on any atom is -0.0590 e. The van der Waals surface area contributed by atoms with Crippen molar-refractivity contribution in [3.63, 3.8) is 0 Å². The number of hydrogen-bond acceptors (Lipinski definition) is 2. The van der Waals surface area contributed by atoms with Crippen LogP contribution in [0, 0.1) is 13.8 Å². The van der Waals surface area contributed by atoms with Gasteiger partial charge in [0.1, 0.15) is 0 Å². The normalized spacial score (nSPS) is 16.3. The van der Waals surface area contributed by atoms with Crippen LogP contribution in [-0.2, 0) is 12.8 Å². The fraction of sp³-hybridized carbons (Fsp3) is 0.143. The van der Waals surface area contributed by atoms with Gasteiger partial charge in [-0.05, 0) is 131 Å². The first kappa shape index (κ1) is 30.3. The molecule has 6 aromatic carbocycles. The molecule has 6 aromatic rings. The minimum atomic E-state index is 0.254. The summed E-state index contributed by atoms with van der Waals surface area (Å²) in [5, 5.41) is 0. The molecule has 0 nitrogen and oxygen atoms in total. The van der Waals surface area contributed by atoms with Crippen LogP contribution < -0.4 is 0 Å². The van der Waals surface area contributed by atoms with Gasteiger partial charge in [0.2, 0.25) is 0 Å². The highest BCUT2D eigenvalue weighted by molar-refractivity contribution is 9.10. The molecule has 2 aliphatic rings. The minimum absolute atomic E-state index is 0.254. The van der Waals surface area contributed by atoms with Crippen molar-refractivity contribution >= 4 is 53.4 Å². The number of benzene rings is 6. The molecule has 4 heteroatoms. The summed E-state index contributed by atoms with van der Waals surface area (Å²) in [6.07, 6.45) is 1.92. The summed E-state index contributed by atoms with van der Waals surface area (Å²) in [5.74, 6) is 0.508. The second kappa shape index (κ2) is 12.5. The molecule has 0 heterocycles. The molecular weight excluding hydrogens is 728 g/mol. The van der Waals surface area contributed by atoms with Crippen molar-refractivity contribution < 1.29 is 0 Å². The maximum atomic E-state index is 3.73. The van der Waals surface area contributed by atoms with Crippen molar-refractivity contribution in [1.29, 1.82) is 0 Å². The number of rotatable bonds is 5. The number of fused-ring (bicyclic) bond motifs is 4. The van der Waals surface area contributed by atoms with E-state index >= 15 is 0 Å². The Morgan fingerprint density at radius 3 is 1.17 bits per heavy atom. The number of aryl methyl sites for hydroxylation is 2. The van der Waals surface area contributed by atoms with E-state index in [0.29, 0.717) is 0 Å². The second-order valence-corrected chi connectivity index (χ2v) is 16.7. The van der Waals surface area contributed by atoms with Crippen LogP contribution in [0.5, 0.6) is 0 Å². The predicted molar refractivity (Wildman–Crippen MR) is 203 cm³/mol. The first-order valence-corrected chi connectivity index (χ1v) is 19.4. The molecule has 0 aliphatic heterocycles. The second-order valence-electron chi connectivity index (χ2n) is 12.6. The van der Waals surface area contributed by atoms with Crippen LogP contribution in [0.2, 0.25) is 0 Å². The number of hydrogen-bond donors (Lipinski definition) is 0. The highest BCUT2D eigenvalue weighted by Crippen LogP contribution is 2.47. The van der Waals surface area contributed by atoms with Crippen LogP contribution >= 0.6 is 53.4 Å². The van der Waals surface area contributed by atoms with Crippen molar-refractivity contribution in [3.8, 4) is 0 Å². The zero-order chi connectivity index (χ0) is 31.4. The van der Waals surface area contributed by atoms with E-state index in [1.165, 1.54) is 76.6 Å². The van der Waals surface area contributed by atoms with E-state index in [2.05, 4.69) is 167 Å². The highest BCUT2D eigenvalue weighted by Gasteiger charge is 2.29. The average molecular weight is 761 g/mol. The third-order valence-corrected chi connectivity index (χ3v) is 12.9. The molecule has 46 heavy (non-hydrogen) atoms. The van der Waals surface area contributed by atoms with E-state index in [1.54, 1.807) is 0 Å². The first-order chi connectivity index (χ1) is 22.4. The smallest absolute Gasteiger partial charge is 0.0345 e. The van der Waals surface area contributed by atoms with Gasteiger partial charge in [0, 0.05) is 30.6 Å². The van der Waals surface area contributed by atoms with E-state index < -0.39 is 0 Å². The first-order valence-electron chi connectivity index (χ1n) is 15.7. The van der Waals surface area contributed by atoms with E-state index in [0.717, 1.165) is 21.8 Å². The molecule has 0 radical (unpaired) electrons. The van der Waals surface area contributed by atoms with E-state index in [4.69, 9.17) is 0 Å². The third kappa shape index (κ3) is 5.83. The lowest BCUT2D eigenvalue weighted by molar-refractivity contribution is 0.879. The van der Waals surface area contributed by atoms with E-state index in [1.807, 2.05) is 21.6 Å². The molecule has 226 valence electrons. The summed E-state index contributed by atoms with van der Waals surface area (Å²) in [5.41, 5.74) is 16.7. The summed E-state index contributed by atoms with van der Waals surface area (Å²) in [4.78, 5) is 2.60. The molecule has 0 bridgehead atoms. The lowest BCUT2D eigenvalue weighted by Gasteiger charge is -2.30. The summed E-state index contributed by atoms with van der Waals surface area (Å²) < 4.78 is 2.29. The SMILES string of the molecule is Cc1ccc(C2c3ccc(Br)cc3Cc3cc(SSc4ccc5c(c4)Cc4cc(Br)ccc4C5c4ccc(C)cc4)ccc32)cc1. The summed E-state index contributed by atoms with van der Waals surface area (Å²) in [7, 11) is 3.73. The van der Waals surface area contributed by atoms with Gasteiger partial charge in [0.05, 0.1) is 0 Å². The van der Waals surface area contributed by atoms with Crippen LogP contribution in [0.4, 0.5) is 0 Å².